The molecular weight excluding hydrogens is 319 g/mol. The molecule has 1 heterocycles. The van der Waals surface area contributed by atoms with Crippen LogP contribution < -0.4 is 5.32 Å². The summed E-state index contributed by atoms with van der Waals surface area (Å²) in [5, 5.41) is 5.37. The average molecular weight is 333 g/mol. The third-order valence-electron chi connectivity index (χ3n) is 3.52. The van der Waals surface area contributed by atoms with Gasteiger partial charge in [0.05, 0.1) is 0 Å². The number of fused-ring (bicyclic) bond motifs is 1. The van der Waals surface area contributed by atoms with Crippen molar-refractivity contribution in [3.05, 3.63) is 69.8 Å². The molecule has 5 heteroatoms. The monoisotopic (exact) mass is 332 g/mol. The van der Waals surface area contributed by atoms with Crippen LogP contribution in [0.15, 0.2) is 48.7 Å². The molecule has 0 aliphatic rings. The minimum Gasteiger partial charge on any atom is -0.361 e. The molecule has 1 aromatic heterocycles. The van der Waals surface area contributed by atoms with Crippen molar-refractivity contribution >= 4 is 40.0 Å². The molecule has 0 saturated carbocycles. The highest BCUT2D eigenvalue weighted by molar-refractivity contribution is 6.31. The van der Waals surface area contributed by atoms with E-state index in [4.69, 9.17) is 23.2 Å². The Kier molecular flexibility index (Phi) is 4.36. The maximum Gasteiger partial charge on any atom is 0.251 e. The van der Waals surface area contributed by atoms with Gasteiger partial charge in [-0.05, 0) is 48.4 Å². The number of aromatic nitrogens is 1. The molecule has 3 aromatic rings. The van der Waals surface area contributed by atoms with Gasteiger partial charge in [0.2, 0.25) is 0 Å². The maximum atomic E-state index is 12.0. The maximum absolute atomic E-state index is 12.0. The fourth-order valence-corrected chi connectivity index (χ4v) is 2.68. The first kappa shape index (κ1) is 14.9. The van der Waals surface area contributed by atoms with Crippen molar-refractivity contribution < 1.29 is 4.79 Å². The van der Waals surface area contributed by atoms with Crippen molar-refractivity contribution in [2.45, 2.75) is 6.42 Å². The van der Waals surface area contributed by atoms with Crippen molar-refractivity contribution in [1.82, 2.24) is 10.3 Å². The van der Waals surface area contributed by atoms with E-state index in [9.17, 15) is 4.79 Å². The predicted octanol–water partition coefficient (Wildman–Crippen LogP) is 4.45. The first-order valence-corrected chi connectivity index (χ1v) is 7.68. The number of amides is 1. The van der Waals surface area contributed by atoms with Gasteiger partial charge in [-0.1, -0.05) is 29.3 Å². The standard InChI is InChI=1S/C17H14Cl2N2O/c18-13-3-1-11(2-4-13)17(22)20-8-7-12-10-21-16-9-14(19)5-6-15(12)16/h1-6,9-10,21H,7-8H2,(H,20,22). The van der Waals surface area contributed by atoms with Gasteiger partial charge in [0.1, 0.15) is 0 Å². The van der Waals surface area contributed by atoms with Crippen LogP contribution in [0.4, 0.5) is 0 Å². The van der Waals surface area contributed by atoms with Gasteiger partial charge in [-0.25, -0.2) is 0 Å². The number of carbonyl (C=O) groups is 1. The third-order valence-corrected chi connectivity index (χ3v) is 4.00. The Hall–Kier alpha value is -1.97. The number of carbonyl (C=O) groups excluding carboxylic acids is 1. The highest BCUT2D eigenvalue weighted by Crippen LogP contribution is 2.22. The van der Waals surface area contributed by atoms with Crippen molar-refractivity contribution in [3.8, 4) is 0 Å². The molecule has 3 rings (SSSR count). The molecule has 0 radical (unpaired) electrons. The predicted molar refractivity (Wildman–Crippen MR) is 90.8 cm³/mol. The molecular formula is C17H14Cl2N2O. The smallest absolute Gasteiger partial charge is 0.251 e. The van der Waals surface area contributed by atoms with E-state index in [0.29, 0.717) is 22.2 Å². The second-order valence-electron chi connectivity index (χ2n) is 5.02. The van der Waals surface area contributed by atoms with Gasteiger partial charge >= 0.3 is 0 Å². The van der Waals surface area contributed by atoms with Crippen LogP contribution >= 0.6 is 23.2 Å². The van der Waals surface area contributed by atoms with Crippen LogP contribution in [0.3, 0.4) is 0 Å². The molecule has 0 aliphatic heterocycles. The van der Waals surface area contributed by atoms with Crippen LogP contribution in [0.1, 0.15) is 15.9 Å². The van der Waals surface area contributed by atoms with E-state index >= 15 is 0 Å². The van der Waals surface area contributed by atoms with Crippen LogP contribution in [0.25, 0.3) is 10.9 Å². The highest BCUT2D eigenvalue weighted by Gasteiger charge is 2.07. The zero-order valence-corrected chi connectivity index (χ0v) is 13.2. The summed E-state index contributed by atoms with van der Waals surface area (Å²) >= 11 is 11.8. The Morgan fingerprint density at radius 2 is 1.77 bits per heavy atom. The van der Waals surface area contributed by atoms with E-state index in [0.717, 1.165) is 22.9 Å². The van der Waals surface area contributed by atoms with Crippen LogP contribution in [0.2, 0.25) is 10.0 Å². The molecule has 0 aliphatic carbocycles. The lowest BCUT2D eigenvalue weighted by Crippen LogP contribution is -2.25. The molecule has 22 heavy (non-hydrogen) atoms. The Bertz CT molecular complexity index is 809. The molecule has 0 spiro atoms. The van der Waals surface area contributed by atoms with E-state index in [1.165, 1.54) is 0 Å². The Labute approximate surface area is 138 Å². The van der Waals surface area contributed by atoms with E-state index in [1.807, 2.05) is 24.4 Å². The first-order valence-electron chi connectivity index (χ1n) is 6.93. The minimum absolute atomic E-state index is 0.0976. The van der Waals surface area contributed by atoms with Crippen molar-refractivity contribution in [2.75, 3.05) is 6.54 Å². The quantitative estimate of drug-likeness (QED) is 0.728. The Balaban J connectivity index is 1.62. The zero-order valence-electron chi connectivity index (χ0n) is 11.7. The summed E-state index contributed by atoms with van der Waals surface area (Å²) in [7, 11) is 0. The van der Waals surface area contributed by atoms with Crippen molar-refractivity contribution in [1.29, 1.82) is 0 Å². The molecule has 0 saturated heterocycles. The van der Waals surface area contributed by atoms with Crippen LogP contribution in [-0.2, 0) is 6.42 Å². The molecule has 0 unspecified atom stereocenters. The molecule has 0 atom stereocenters. The largest absolute Gasteiger partial charge is 0.361 e. The number of rotatable bonds is 4. The van der Waals surface area contributed by atoms with Gasteiger partial charge in [0.15, 0.2) is 0 Å². The van der Waals surface area contributed by atoms with Crippen molar-refractivity contribution in [3.63, 3.8) is 0 Å². The van der Waals surface area contributed by atoms with Gasteiger partial charge in [-0.15, -0.1) is 0 Å². The second-order valence-corrected chi connectivity index (χ2v) is 5.89. The summed E-state index contributed by atoms with van der Waals surface area (Å²) in [5.74, 6) is -0.0976. The van der Waals surface area contributed by atoms with Crippen LogP contribution in [0.5, 0.6) is 0 Å². The SMILES string of the molecule is O=C(NCCc1c[nH]c2cc(Cl)ccc12)c1ccc(Cl)cc1. The molecule has 2 aromatic carbocycles. The van der Waals surface area contributed by atoms with Gasteiger partial charge < -0.3 is 10.3 Å². The fourth-order valence-electron chi connectivity index (χ4n) is 2.38. The average Bonchev–Trinajstić information content (AvgIpc) is 2.90. The second kappa shape index (κ2) is 6.42. The van der Waals surface area contributed by atoms with Crippen LogP contribution in [-0.4, -0.2) is 17.4 Å². The van der Waals surface area contributed by atoms with E-state index in [2.05, 4.69) is 10.3 Å². The third kappa shape index (κ3) is 3.26. The summed E-state index contributed by atoms with van der Waals surface area (Å²) in [6, 6.07) is 12.6. The number of aromatic amines is 1. The number of halogens is 2. The highest BCUT2D eigenvalue weighted by atomic mass is 35.5. The van der Waals surface area contributed by atoms with Crippen molar-refractivity contribution in [2.24, 2.45) is 0 Å². The number of hydrogen-bond acceptors (Lipinski definition) is 1. The molecule has 1 amide bonds. The number of benzene rings is 2. The summed E-state index contributed by atoms with van der Waals surface area (Å²) in [6.45, 7) is 0.567. The fraction of sp³-hybridized carbons (Fsp3) is 0.118. The number of hydrogen-bond donors (Lipinski definition) is 2. The topological polar surface area (TPSA) is 44.9 Å². The Morgan fingerprint density at radius 1 is 1.05 bits per heavy atom. The number of nitrogens with one attached hydrogen (secondary N) is 2. The van der Waals surface area contributed by atoms with Gasteiger partial charge in [0, 0.05) is 39.3 Å². The van der Waals surface area contributed by atoms with E-state index in [1.54, 1.807) is 24.3 Å². The van der Waals surface area contributed by atoms with Gasteiger partial charge in [-0.2, -0.15) is 0 Å². The number of H-pyrrole nitrogens is 1. The lowest BCUT2D eigenvalue weighted by molar-refractivity contribution is 0.0954. The zero-order chi connectivity index (χ0) is 15.5. The first-order chi connectivity index (χ1) is 10.6. The summed E-state index contributed by atoms with van der Waals surface area (Å²) in [5.41, 5.74) is 2.77. The molecule has 112 valence electrons. The van der Waals surface area contributed by atoms with E-state index in [-0.39, 0.29) is 5.91 Å². The normalized spacial score (nSPS) is 10.8. The summed E-state index contributed by atoms with van der Waals surface area (Å²) in [4.78, 5) is 15.2. The lowest BCUT2D eigenvalue weighted by atomic mass is 10.1. The van der Waals surface area contributed by atoms with Gasteiger partial charge in [0.25, 0.3) is 5.91 Å². The lowest BCUT2D eigenvalue weighted by Gasteiger charge is -2.05. The van der Waals surface area contributed by atoms with Gasteiger partial charge in [-0.3, -0.25) is 4.79 Å². The molecule has 0 fully saturated rings. The van der Waals surface area contributed by atoms with Crippen LogP contribution in [0, 0.1) is 0 Å². The molecule has 2 N–H and O–H groups in total. The Morgan fingerprint density at radius 3 is 2.55 bits per heavy atom. The van der Waals surface area contributed by atoms with E-state index < -0.39 is 0 Å². The molecule has 0 bridgehead atoms. The summed E-state index contributed by atoms with van der Waals surface area (Å²) in [6.07, 6.45) is 2.70. The molecule has 3 nitrogen and oxygen atoms in total. The minimum atomic E-state index is -0.0976. The summed E-state index contributed by atoms with van der Waals surface area (Å²) < 4.78 is 0.